The molecule has 1 N–H and O–H groups in total. The summed E-state index contributed by atoms with van der Waals surface area (Å²) in [6.45, 7) is 4.27. The summed E-state index contributed by atoms with van der Waals surface area (Å²) in [5.74, 6) is -3.13. The average Bonchev–Trinajstić information content (AvgIpc) is 2.68. The monoisotopic (exact) mass is 402 g/mol. The van der Waals surface area contributed by atoms with Crippen LogP contribution in [0.1, 0.15) is 84.0 Å². The molecular weight excluding hydrogens is 364 g/mol. The van der Waals surface area contributed by atoms with Crippen LogP contribution in [0.15, 0.2) is 0 Å². The Balaban J connectivity index is 3.18. The molecule has 0 aliphatic rings. The highest BCUT2D eigenvalue weighted by Crippen LogP contribution is 2.10. The minimum atomic E-state index is -1.53. The van der Waals surface area contributed by atoms with Crippen LogP contribution in [0.2, 0.25) is 0 Å². The molecule has 7 nitrogen and oxygen atoms in total. The predicted molar refractivity (Wildman–Crippen MR) is 106 cm³/mol. The molecule has 0 spiro atoms. The Hall–Kier alpha value is -1.47. The molecule has 0 unspecified atom stereocenters. The first kappa shape index (κ1) is 26.5. The number of esters is 1. The standard InChI is InChI=1S/C21H38O7/c1-2-3-4-5-6-7-8-9-10-11-14-26-15-16-27-17-18-28-20(23)13-12-19(22)21(24)25/h2-18H2,1H3,(H,24,25). The number of hydrogen-bond acceptors (Lipinski definition) is 6. The van der Waals surface area contributed by atoms with E-state index >= 15 is 0 Å². The van der Waals surface area contributed by atoms with Gasteiger partial charge in [0, 0.05) is 13.0 Å². The minimum absolute atomic E-state index is 0.0819. The van der Waals surface area contributed by atoms with Crippen molar-refractivity contribution < 1.29 is 33.7 Å². The van der Waals surface area contributed by atoms with Crippen molar-refractivity contribution in [2.24, 2.45) is 0 Å². The van der Waals surface area contributed by atoms with E-state index in [4.69, 9.17) is 19.3 Å². The number of carbonyl (C=O) groups excluding carboxylic acids is 2. The summed E-state index contributed by atoms with van der Waals surface area (Å²) in [5.41, 5.74) is 0. The molecule has 0 amide bonds. The summed E-state index contributed by atoms with van der Waals surface area (Å²) in [7, 11) is 0. The minimum Gasteiger partial charge on any atom is -0.476 e. The fraction of sp³-hybridized carbons (Fsp3) is 0.857. The van der Waals surface area contributed by atoms with E-state index in [9.17, 15) is 14.4 Å². The third-order valence-corrected chi connectivity index (χ3v) is 4.30. The highest BCUT2D eigenvalue weighted by atomic mass is 16.6. The van der Waals surface area contributed by atoms with Crippen molar-refractivity contribution in [2.75, 3.05) is 33.0 Å². The van der Waals surface area contributed by atoms with Gasteiger partial charge in [-0.15, -0.1) is 0 Å². The van der Waals surface area contributed by atoms with Crippen LogP contribution in [0.4, 0.5) is 0 Å². The maximum Gasteiger partial charge on any atom is 0.372 e. The van der Waals surface area contributed by atoms with Crippen molar-refractivity contribution in [1.82, 2.24) is 0 Å². The van der Waals surface area contributed by atoms with Gasteiger partial charge in [-0.05, 0) is 6.42 Å². The van der Waals surface area contributed by atoms with E-state index in [0.717, 1.165) is 13.0 Å². The van der Waals surface area contributed by atoms with Crippen LogP contribution in [-0.2, 0) is 28.6 Å². The molecule has 28 heavy (non-hydrogen) atoms. The number of carbonyl (C=O) groups is 3. The third kappa shape index (κ3) is 19.3. The Morgan fingerprint density at radius 2 is 1.14 bits per heavy atom. The zero-order valence-corrected chi connectivity index (χ0v) is 17.4. The van der Waals surface area contributed by atoms with Crippen molar-refractivity contribution in [2.45, 2.75) is 84.0 Å². The van der Waals surface area contributed by atoms with Crippen LogP contribution in [-0.4, -0.2) is 55.9 Å². The van der Waals surface area contributed by atoms with E-state index in [2.05, 4.69) is 6.92 Å². The van der Waals surface area contributed by atoms with Gasteiger partial charge in [0.05, 0.1) is 26.2 Å². The van der Waals surface area contributed by atoms with Crippen molar-refractivity contribution in [3.63, 3.8) is 0 Å². The van der Waals surface area contributed by atoms with Crippen LogP contribution in [0.5, 0.6) is 0 Å². The number of aliphatic carboxylic acids is 1. The number of ketones is 1. The van der Waals surface area contributed by atoms with Gasteiger partial charge >= 0.3 is 11.9 Å². The maximum absolute atomic E-state index is 11.3. The number of Topliss-reactive ketones (excluding diaryl/α,β-unsaturated/α-hetero) is 1. The van der Waals surface area contributed by atoms with E-state index in [0.29, 0.717) is 13.2 Å². The normalized spacial score (nSPS) is 10.8. The first-order valence-corrected chi connectivity index (χ1v) is 10.6. The fourth-order valence-electron chi connectivity index (χ4n) is 2.62. The SMILES string of the molecule is CCCCCCCCCCCCOCCOCCOC(=O)CCC(=O)C(=O)O. The molecule has 0 aliphatic heterocycles. The largest absolute Gasteiger partial charge is 0.476 e. The summed E-state index contributed by atoms with van der Waals surface area (Å²) in [4.78, 5) is 32.4. The van der Waals surface area contributed by atoms with Crippen LogP contribution in [0.25, 0.3) is 0 Å². The Labute approximate surface area is 169 Å². The van der Waals surface area contributed by atoms with Crippen molar-refractivity contribution in [3.8, 4) is 0 Å². The number of rotatable bonds is 21. The quantitative estimate of drug-likeness (QED) is 0.176. The average molecular weight is 403 g/mol. The molecule has 0 heterocycles. The van der Waals surface area contributed by atoms with Gasteiger partial charge in [-0.1, -0.05) is 64.7 Å². The van der Waals surface area contributed by atoms with Gasteiger partial charge in [-0.25, -0.2) is 4.79 Å². The number of carboxylic acids is 1. The summed E-state index contributed by atoms with van der Waals surface area (Å²) >= 11 is 0. The lowest BCUT2D eigenvalue weighted by Crippen LogP contribution is -2.17. The van der Waals surface area contributed by atoms with E-state index in [1.165, 1.54) is 57.8 Å². The summed E-state index contributed by atoms with van der Waals surface area (Å²) in [5, 5.41) is 8.39. The third-order valence-electron chi connectivity index (χ3n) is 4.30. The molecule has 7 heteroatoms. The molecular formula is C21H38O7. The Kier molecular flexibility index (Phi) is 19.2. The number of unbranched alkanes of at least 4 members (excludes halogenated alkanes) is 9. The highest BCUT2D eigenvalue weighted by molar-refractivity contribution is 6.32. The first-order valence-electron chi connectivity index (χ1n) is 10.6. The highest BCUT2D eigenvalue weighted by Gasteiger charge is 2.14. The first-order chi connectivity index (χ1) is 13.6. The summed E-state index contributed by atoms with van der Waals surface area (Å²) in [6, 6.07) is 0. The molecule has 0 atom stereocenters. The molecule has 0 bridgehead atoms. The molecule has 0 rings (SSSR count). The van der Waals surface area contributed by atoms with Crippen molar-refractivity contribution in [1.29, 1.82) is 0 Å². The van der Waals surface area contributed by atoms with Gasteiger partial charge in [0.1, 0.15) is 6.61 Å². The molecule has 0 aliphatic carbocycles. The van der Waals surface area contributed by atoms with Gasteiger partial charge in [0.25, 0.3) is 0 Å². The lowest BCUT2D eigenvalue weighted by atomic mass is 10.1. The molecule has 0 aromatic rings. The molecule has 0 saturated carbocycles. The second-order valence-corrected chi connectivity index (χ2v) is 6.86. The maximum atomic E-state index is 11.3. The number of hydrogen-bond donors (Lipinski definition) is 1. The molecule has 0 radical (unpaired) electrons. The smallest absolute Gasteiger partial charge is 0.372 e. The molecule has 164 valence electrons. The summed E-state index contributed by atoms with van der Waals surface area (Å²) in [6.07, 6.45) is 12.4. The zero-order valence-electron chi connectivity index (χ0n) is 17.4. The lowest BCUT2D eigenvalue weighted by molar-refractivity contribution is -0.151. The predicted octanol–water partition coefficient (Wildman–Crippen LogP) is 3.92. The molecule has 0 fully saturated rings. The summed E-state index contributed by atoms with van der Waals surface area (Å²) < 4.78 is 15.6. The van der Waals surface area contributed by atoms with Crippen LogP contribution in [0.3, 0.4) is 0 Å². The van der Waals surface area contributed by atoms with Gasteiger partial charge in [-0.3, -0.25) is 9.59 Å². The van der Waals surface area contributed by atoms with E-state index in [-0.39, 0.29) is 26.1 Å². The van der Waals surface area contributed by atoms with E-state index in [1.807, 2.05) is 0 Å². The number of carboxylic acid groups (broad SMARTS) is 1. The Bertz CT molecular complexity index is 410. The topological polar surface area (TPSA) is 99.1 Å². The fourth-order valence-corrected chi connectivity index (χ4v) is 2.62. The molecule has 0 aromatic carbocycles. The Morgan fingerprint density at radius 1 is 0.643 bits per heavy atom. The van der Waals surface area contributed by atoms with Gasteiger partial charge < -0.3 is 19.3 Å². The van der Waals surface area contributed by atoms with Gasteiger partial charge in [-0.2, -0.15) is 0 Å². The van der Waals surface area contributed by atoms with Gasteiger partial charge in [0.2, 0.25) is 5.78 Å². The number of ether oxygens (including phenoxy) is 3. The molecule has 0 aromatic heterocycles. The van der Waals surface area contributed by atoms with E-state index in [1.54, 1.807) is 0 Å². The second kappa shape index (κ2) is 20.3. The van der Waals surface area contributed by atoms with Crippen molar-refractivity contribution >= 4 is 17.7 Å². The van der Waals surface area contributed by atoms with Crippen LogP contribution in [0, 0.1) is 0 Å². The van der Waals surface area contributed by atoms with Crippen molar-refractivity contribution in [3.05, 3.63) is 0 Å². The van der Waals surface area contributed by atoms with Gasteiger partial charge in [0.15, 0.2) is 0 Å². The zero-order chi connectivity index (χ0) is 20.9. The van der Waals surface area contributed by atoms with E-state index < -0.39 is 17.7 Å². The molecule has 0 saturated heterocycles. The van der Waals surface area contributed by atoms with Crippen LogP contribution >= 0.6 is 0 Å². The lowest BCUT2D eigenvalue weighted by Gasteiger charge is -2.07. The Morgan fingerprint density at radius 3 is 1.71 bits per heavy atom. The van der Waals surface area contributed by atoms with Crippen LogP contribution < -0.4 is 0 Å². The second-order valence-electron chi connectivity index (χ2n) is 6.86.